The first-order valence-electron chi connectivity index (χ1n) is 7.31. The lowest BCUT2D eigenvalue weighted by Gasteiger charge is -2.05. The lowest BCUT2D eigenvalue weighted by Crippen LogP contribution is -2.11. The Morgan fingerprint density at radius 1 is 1.36 bits per heavy atom. The van der Waals surface area contributed by atoms with E-state index in [1.807, 2.05) is 24.3 Å². The van der Waals surface area contributed by atoms with Crippen LogP contribution >= 0.6 is 23.1 Å². The summed E-state index contributed by atoms with van der Waals surface area (Å²) in [5, 5.41) is 13.0. The van der Waals surface area contributed by atoms with Gasteiger partial charge in [-0.1, -0.05) is 6.92 Å². The van der Waals surface area contributed by atoms with Gasteiger partial charge < -0.3 is 5.32 Å². The fraction of sp³-hybridized carbons (Fsp3) is 0.294. The zero-order valence-electron chi connectivity index (χ0n) is 12.3. The van der Waals surface area contributed by atoms with Crippen LogP contribution in [0.2, 0.25) is 0 Å². The number of aryl methyl sites for hydroxylation is 1. The summed E-state index contributed by atoms with van der Waals surface area (Å²) in [6, 6.07) is 9.84. The first-order chi connectivity index (χ1) is 10.7. The number of nitrogens with one attached hydrogen (secondary N) is 1. The van der Waals surface area contributed by atoms with Crippen molar-refractivity contribution in [2.24, 2.45) is 0 Å². The number of thioether (sulfide) groups is 1. The van der Waals surface area contributed by atoms with Crippen molar-refractivity contribution in [3.63, 3.8) is 0 Å². The third kappa shape index (κ3) is 2.90. The van der Waals surface area contributed by atoms with Crippen LogP contribution in [0.3, 0.4) is 0 Å². The molecule has 1 heterocycles. The Hall–Kier alpha value is -1.77. The number of benzene rings is 1. The van der Waals surface area contributed by atoms with Crippen molar-refractivity contribution in [1.29, 1.82) is 5.26 Å². The van der Waals surface area contributed by atoms with Crippen molar-refractivity contribution in [2.75, 3.05) is 11.1 Å². The maximum atomic E-state index is 12.4. The largest absolute Gasteiger partial charge is 0.312 e. The van der Waals surface area contributed by atoms with E-state index in [-0.39, 0.29) is 5.91 Å². The highest BCUT2D eigenvalue weighted by molar-refractivity contribution is 7.99. The number of carbonyl (C=O) groups excluding carboxylic acids is 1. The molecule has 3 rings (SSSR count). The third-order valence-electron chi connectivity index (χ3n) is 3.69. The van der Waals surface area contributed by atoms with E-state index in [2.05, 4.69) is 18.3 Å². The summed E-state index contributed by atoms with van der Waals surface area (Å²) < 4.78 is 0. The van der Waals surface area contributed by atoms with Crippen LogP contribution in [0.15, 0.2) is 29.2 Å². The van der Waals surface area contributed by atoms with Crippen molar-refractivity contribution < 1.29 is 4.79 Å². The number of carbonyl (C=O) groups is 1. The molecular formula is C17H16N2OS2. The molecule has 0 atom stereocenters. The molecule has 0 unspecified atom stereocenters. The molecule has 3 nitrogen and oxygen atoms in total. The number of anilines is 1. The summed E-state index contributed by atoms with van der Waals surface area (Å²) in [5.74, 6) is 0.863. The van der Waals surface area contributed by atoms with Crippen LogP contribution in [0, 0.1) is 11.3 Å². The number of fused-ring (bicyclic) bond motifs is 1. The fourth-order valence-electron chi connectivity index (χ4n) is 2.66. The van der Waals surface area contributed by atoms with Gasteiger partial charge in [-0.05, 0) is 54.8 Å². The van der Waals surface area contributed by atoms with Gasteiger partial charge in [0, 0.05) is 15.3 Å². The number of nitrogens with zero attached hydrogens (tertiary/aromatic N) is 1. The van der Waals surface area contributed by atoms with Crippen LogP contribution in [0.25, 0.3) is 0 Å². The number of hydrogen-bond donors (Lipinski definition) is 1. The quantitative estimate of drug-likeness (QED) is 0.842. The topological polar surface area (TPSA) is 52.9 Å². The van der Waals surface area contributed by atoms with E-state index in [9.17, 15) is 10.1 Å². The predicted octanol–water partition coefficient (Wildman–Crippen LogP) is 4.47. The summed E-state index contributed by atoms with van der Waals surface area (Å²) in [4.78, 5) is 14.8. The van der Waals surface area contributed by atoms with Crippen LogP contribution in [0.4, 0.5) is 5.00 Å². The number of amides is 1. The Labute approximate surface area is 138 Å². The molecule has 1 aliphatic rings. The molecule has 1 aliphatic carbocycles. The van der Waals surface area contributed by atoms with E-state index in [4.69, 9.17) is 0 Å². The van der Waals surface area contributed by atoms with Crippen molar-refractivity contribution >= 4 is 34.0 Å². The zero-order valence-corrected chi connectivity index (χ0v) is 13.9. The van der Waals surface area contributed by atoms with E-state index >= 15 is 0 Å². The summed E-state index contributed by atoms with van der Waals surface area (Å²) in [6.45, 7) is 2.10. The molecule has 0 bridgehead atoms. The van der Waals surface area contributed by atoms with Gasteiger partial charge in [0.05, 0.1) is 5.56 Å². The van der Waals surface area contributed by atoms with E-state index in [1.54, 1.807) is 23.1 Å². The SMILES string of the molecule is CCSc1ccc(C(=O)Nc2sc3c(c2C#N)CCC3)cc1. The third-order valence-corrected chi connectivity index (χ3v) is 5.79. The number of hydrogen-bond acceptors (Lipinski definition) is 4. The van der Waals surface area contributed by atoms with Crippen LogP contribution < -0.4 is 5.32 Å². The van der Waals surface area contributed by atoms with E-state index in [0.29, 0.717) is 16.1 Å². The Bertz CT molecular complexity index is 741. The molecule has 0 saturated heterocycles. The summed E-state index contributed by atoms with van der Waals surface area (Å²) in [7, 11) is 0. The molecule has 0 fully saturated rings. The van der Waals surface area contributed by atoms with E-state index in [0.717, 1.165) is 35.5 Å². The van der Waals surface area contributed by atoms with Gasteiger partial charge in [-0.3, -0.25) is 4.79 Å². The van der Waals surface area contributed by atoms with Gasteiger partial charge in [-0.15, -0.1) is 23.1 Å². The Morgan fingerprint density at radius 2 is 2.14 bits per heavy atom. The predicted molar refractivity (Wildman–Crippen MR) is 91.9 cm³/mol. The minimum atomic E-state index is -0.149. The van der Waals surface area contributed by atoms with Gasteiger partial charge in [0.1, 0.15) is 11.1 Å². The zero-order chi connectivity index (χ0) is 15.5. The van der Waals surface area contributed by atoms with E-state index in [1.165, 1.54) is 4.88 Å². The molecule has 2 aromatic rings. The average Bonchev–Trinajstić information content (AvgIpc) is 3.08. The standard InChI is InChI=1S/C17H16N2OS2/c1-2-21-12-8-6-11(7-9-12)16(20)19-17-14(10-18)13-4-3-5-15(13)22-17/h6-9H,2-5H2,1H3,(H,19,20). The van der Waals surface area contributed by atoms with Gasteiger partial charge >= 0.3 is 0 Å². The lowest BCUT2D eigenvalue weighted by molar-refractivity contribution is 0.102. The second-order valence-electron chi connectivity index (χ2n) is 5.08. The molecule has 0 aliphatic heterocycles. The normalized spacial score (nSPS) is 12.7. The fourth-order valence-corrected chi connectivity index (χ4v) is 4.55. The first kappa shape index (κ1) is 15.1. The molecule has 5 heteroatoms. The Morgan fingerprint density at radius 3 is 2.82 bits per heavy atom. The van der Waals surface area contributed by atoms with Gasteiger partial charge in [-0.25, -0.2) is 0 Å². The van der Waals surface area contributed by atoms with Crippen LogP contribution in [-0.2, 0) is 12.8 Å². The number of rotatable bonds is 4. The Kier molecular flexibility index (Phi) is 4.51. The summed E-state index contributed by atoms with van der Waals surface area (Å²) in [5.41, 5.74) is 2.42. The van der Waals surface area contributed by atoms with Crippen molar-refractivity contribution in [3.8, 4) is 6.07 Å². The monoisotopic (exact) mass is 328 g/mol. The van der Waals surface area contributed by atoms with Gasteiger partial charge in [0.25, 0.3) is 5.91 Å². The average molecular weight is 328 g/mol. The van der Waals surface area contributed by atoms with Crippen molar-refractivity contribution in [2.45, 2.75) is 31.1 Å². The molecule has 112 valence electrons. The van der Waals surface area contributed by atoms with Crippen LogP contribution in [0.1, 0.15) is 39.7 Å². The van der Waals surface area contributed by atoms with Crippen molar-refractivity contribution in [1.82, 2.24) is 0 Å². The Balaban J connectivity index is 1.79. The minimum Gasteiger partial charge on any atom is -0.312 e. The number of nitriles is 1. The van der Waals surface area contributed by atoms with E-state index < -0.39 is 0 Å². The molecule has 1 aromatic heterocycles. The second-order valence-corrected chi connectivity index (χ2v) is 7.53. The van der Waals surface area contributed by atoms with Crippen LogP contribution in [0.5, 0.6) is 0 Å². The van der Waals surface area contributed by atoms with Gasteiger partial charge in [-0.2, -0.15) is 5.26 Å². The van der Waals surface area contributed by atoms with Crippen molar-refractivity contribution in [3.05, 3.63) is 45.8 Å². The number of thiophene rings is 1. The highest BCUT2D eigenvalue weighted by Gasteiger charge is 2.23. The maximum absolute atomic E-state index is 12.4. The smallest absolute Gasteiger partial charge is 0.256 e. The molecule has 22 heavy (non-hydrogen) atoms. The summed E-state index contributed by atoms with van der Waals surface area (Å²) in [6.07, 6.45) is 3.08. The molecule has 0 radical (unpaired) electrons. The lowest BCUT2D eigenvalue weighted by atomic mass is 10.1. The molecule has 0 saturated carbocycles. The second kappa shape index (κ2) is 6.55. The molecule has 1 amide bonds. The molecular weight excluding hydrogens is 312 g/mol. The minimum absolute atomic E-state index is 0.149. The molecule has 0 spiro atoms. The van der Waals surface area contributed by atoms with Crippen LogP contribution in [-0.4, -0.2) is 11.7 Å². The van der Waals surface area contributed by atoms with Gasteiger partial charge in [0.15, 0.2) is 0 Å². The van der Waals surface area contributed by atoms with Gasteiger partial charge in [0.2, 0.25) is 0 Å². The molecule has 1 N–H and O–H groups in total. The highest BCUT2D eigenvalue weighted by Crippen LogP contribution is 2.38. The highest BCUT2D eigenvalue weighted by atomic mass is 32.2. The summed E-state index contributed by atoms with van der Waals surface area (Å²) >= 11 is 3.30. The first-order valence-corrected chi connectivity index (χ1v) is 9.12. The molecule has 1 aromatic carbocycles. The maximum Gasteiger partial charge on any atom is 0.256 e.